The van der Waals surface area contributed by atoms with Gasteiger partial charge in [-0.3, -0.25) is 4.57 Å². The number of para-hydroxylation sites is 2. The highest BCUT2D eigenvalue weighted by Crippen LogP contribution is 2.42. The van der Waals surface area contributed by atoms with Gasteiger partial charge in [-0.1, -0.05) is 25.1 Å². The van der Waals surface area contributed by atoms with E-state index in [1.54, 1.807) is 7.11 Å². The van der Waals surface area contributed by atoms with Gasteiger partial charge in [-0.2, -0.15) is 0 Å². The van der Waals surface area contributed by atoms with Crippen molar-refractivity contribution in [1.29, 1.82) is 0 Å². The van der Waals surface area contributed by atoms with Crippen molar-refractivity contribution in [1.82, 2.24) is 9.55 Å². The lowest BCUT2D eigenvalue weighted by atomic mass is 9.94. The number of aromatic nitrogens is 2. The Kier molecular flexibility index (Phi) is 6.08. The third-order valence-corrected chi connectivity index (χ3v) is 5.36. The largest absolute Gasteiger partial charge is 0.493 e. The lowest BCUT2D eigenvalue weighted by Gasteiger charge is -2.31. The first-order valence-electron chi connectivity index (χ1n) is 10.9. The molecular weight excluding hydrogens is 406 g/mol. The maximum absolute atomic E-state index is 13.2. The van der Waals surface area contributed by atoms with Gasteiger partial charge < -0.3 is 19.5 Å². The summed E-state index contributed by atoms with van der Waals surface area (Å²) in [4.78, 5) is 18.0. The van der Waals surface area contributed by atoms with Gasteiger partial charge in [0.25, 0.3) is 0 Å². The summed E-state index contributed by atoms with van der Waals surface area (Å²) in [5, 5.41) is 3.30. The Morgan fingerprint density at radius 2 is 1.97 bits per heavy atom. The number of ether oxygens (including phenoxy) is 3. The van der Waals surface area contributed by atoms with E-state index in [2.05, 4.69) is 12.2 Å². The monoisotopic (exact) mass is 435 g/mol. The van der Waals surface area contributed by atoms with Crippen LogP contribution in [0.3, 0.4) is 0 Å². The number of hydrogen-bond acceptors (Lipinski definition) is 6. The first-order chi connectivity index (χ1) is 15.4. The second-order valence-corrected chi connectivity index (χ2v) is 8.07. The number of methoxy groups -OCH3 is 1. The molecule has 2 aromatic carbocycles. The predicted octanol–water partition coefficient (Wildman–Crippen LogP) is 5.07. The fourth-order valence-corrected chi connectivity index (χ4v) is 4.01. The number of nitrogens with zero attached hydrogens (tertiary/aromatic N) is 2. The number of anilines is 1. The molecule has 1 N–H and O–H groups in total. The fourth-order valence-electron chi connectivity index (χ4n) is 4.01. The van der Waals surface area contributed by atoms with Gasteiger partial charge in [-0.05, 0) is 57.0 Å². The molecule has 0 spiro atoms. The molecular formula is C25H29N3O4. The Morgan fingerprint density at radius 3 is 2.69 bits per heavy atom. The van der Waals surface area contributed by atoms with E-state index in [0.717, 1.165) is 23.0 Å². The Balaban J connectivity index is 1.90. The standard InChI is InChI=1S/C25H29N3O4/c1-6-13-31-20-12-11-17(14-21(20)30-5)23-22(24(29)32-15(2)3)16(4)26-25-27-18-9-7-8-10-19(18)28(23)25/h7-12,14-15,23H,6,13H2,1-5H3,(H,26,27)/t23-/m0/s1. The van der Waals surface area contributed by atoms with Crippen LogP contribution in [0.15, 0.2) is 53.7 Å². The van der Waals surface area contributed by atoms with Crippen molar-refractivity contribution >= 4 is 23.0 Å². The van der Waals surface area contributed by atoms with Gasteiger partial charge in [0.2, 0.25) is 5.95 Å². The molecule has 4 rings (SSSR count). The van der Waals surface area contributed by atoms with Gasteiger partial charge >= 0.3 is 5.97 Å². The third-order valence-electron chi connectivity index (χ3n) is 5.36. The first kappa shape index (κ1) is 21.7. The average Bonchev–Trinajstić information content (AvgIpc) is 3.13. The Morgan fingerprint density at radius 1 is 1.19 bits per heavy atom. The molecule has 1 atom stereocenters. The van der Waals surface area contributed by atoms with Gasteiger partial charge in [0.15, 0.2) is 11.5 Å². The molecule has 1 aliphatic rings. The minimum Gasteiger partial charge on any atom is -0.493 e. The number of nitrogens with one attached hydrogen (secondary N) is 1. The van der Waals surface area contributed by atoms with E-state index in [9.17, 15) is 4.79 Å². The van der Waals surface area contributed by atoms with Crippen LogP contribution in [0.25, 0.3) is 11.0 Å². The van der Waals surface area contributed by atoms with Crippen LogP contribution < -0.4 is 14.8 Å². The summed E-state index contributed by atoms with van der Waals surface area (Å²) in [6, 6.07) is 13.2. The molecule has 3 aromatic rings. The zero-order valence-electron chi connectivity index (χ0n) is 19.1. The van der Waals surface area contributed by atoms with Gasteiger partial charge in [0.05, 0.1) is 42.5 Å². The van der Waals surface area contributed by atoms with Crippen LogP contribution in [0, 0.1) is 0 Å². The Labute approximate surface area is 188 Å². The number of allylic oxidation sites excluding steroid dienone is 1. The van der Waals surface area contributed by atoms with Gasteiger partial charge in [-0.15, -0.1) is 0 Å². The van der Waals surface area contributed by atoms with Crippen molar-refractivity contribution in [2.75, 3.05) is 19.0 Å². The van der Waals surface area contributed by atoms with Crippen LogP contribution >= 0.6 is 0 Å². The number of esters is 1. The summed E-state index contributed by atoms with van der Waals surface area (Å²) in [5.74, 6) is 1.62. The maximum atomic E-state index is 13.2. The van der Waals surface area contributed by atoms with Crippen molar-refractivity contribution in [3.63, 3.8) is 0 Å². The smallest absolute Gasteiger partial charge is 0.338 e. The van der Waals surface area contributed by atoms with Crippen LogP contribution in [0.4, 0.5) is 5.95 Å². The topological polar surface area (TPSA) is 74.6 Å². The van der Waals surface area contributed by atoms with Crippen LogP contribution in [0.2, 0.25) is 0 Å². The van der Waals surface area contributed by atoms with E-state index in [0.29, 0.717) is 35.3 Å². The predicted molar refractivity (Wildman–Crippen MR) is 124 cm³/mol. The SMILES string of the molecule is CCCOc1ccc([C@H]2C(C(=O)OC(C)C)=C(C)Nc3nc4ccccc4n32)cc1OC. The number of carbonyl (C=O) groups is 1. The van der Waals surface area contributed by atoms with E-state index in [1.807, 2.05) is 67.8 Å². The summed E-state index contributed by atoms with van der Waals surface area (Å²) in [7, 11) is 1.62. The molecule has 1 aliphatic heterocycles. The zero-order valence-corrected chi connectivity index (χ0v) is 19.1. The van der Waals surface area contributed by atoms with Crippen molar-refractivity contribution in [2.45, 2.75) is 46.3 Å². The van der Waals surface area contributed by atoms with Gasteiger partial charge in [-0.25, -0.2) is 9.78 Å². The molecule has 168 valence electrons. The summed E-state index contributed by atoms with van der Waals surface area (Å²) in [6.07, 6.45) is 0.667. The molecule has 0 bridgehead atoms. The fraction of sp³-hybridized carbons (Fsp3) is 0.360. The van der Waals surface area contributed by atoms with Crippen LogP contribution in [0.5, 0.6) is 11.5 Å². The molecule has 7 heteroatoms. The van der Waals surface area contributed by atoms with E-state index < -0.39 is 6.04 Å². The summed E-state index contributed by atoms with van der Waals surface area (Å²) < 4.78 is 19.1. The number of rotatable bonds is 7. The highest BCUT2D eigenvalue weighted by Gasteiger charge is 2.35. The normalized spacial score (nSPS) is 15.5. The Hall–Kier alpha value is -3.48. The van der Waals surface area contributed by atoms with E-state index >= 15 is 0 Å². The minimum absolute atomic E-state index is 0.233. The number of benzene rings is 2. The summed E-state index contributed by atoms with van der Waals surface area (Å²) in [5.41, 5.74) is 3.91. The minimum atomic E-state index is -0.431. The first-order valence-corrected chi connectivity index (χ1v) is 10.9. The highest BCUT2D eigenvalue weighted by molar-refractivity contribution is 5.94. The van der Waals surface area contributed by atoms with Crippen molar-refractivity contribution in [3.8, 4) is 11.5 Å². The molecule has 7 nitrogen and oxygen atoms in total. The molecule has 0 fully saturated rings. The van der Waals surface area contributed by atoms with Crippen molar-refractivity contribution < 1.29 is 19.0 Å². The number of carbonyl (C=O) groups excluding carboxylic acids is 1. The van der Waals surface area contributed by atoms with Crippen LogP contribution in [-0.4, -0.2) is 35.3 Å². The third kappa shape index (κ3) is 3.90. The molecule has 0 radical (unpaired) electrons. The molecule has 32 heavy (non-hydrogen) atoms. The van der Waals surface area contributed by atoms with Gasteiger partial charge in [0, 0.05) is 5.70 Å². The molecule has 0 amide bonds. The lowest BCUT2D eigenvalue weighted by Crippen LogP contribution is -2.30. The second kappa shape index (κ2) is 8.94. The quantitative estimate of drug-likeness (QED) is 0.522. The highest BCUT2D eigenvalue weighted by atomic mass is 16.5. The molecule has 2 heterocycles. The number of fused-ring (bicyclic) bond motifs is 3. The number of hydrogen-bond donors (Lipinski definition) is 1. The van der Waals surface area contributed by atoms with Crippen molar-refractivity contribution in [2.24, 2.45) is 0 Å². The Bertz CT molecular complexity index is 1180. The van der Waals surface area contributed by atoms with Crippen LogP contribution in [0.1, 0.15) is 45.7 Å². The van der Waals surface area contributed by atoms with Gasteiger partial charge in [0.1, 0.15) is 0 Å². The lowest BCUT2D eigenvalue weighted by molar-refractivity contribution is -0.143. The molecule has 0 saturated carbocycles. The zero-order chi connectivity index (χ0) is 22.8. The number of imidazole rings is 1. The molecule has 0 aliphatic carbocycles. The summed E-state index contributed by atoms with van der Waals surface area (Å²) in [6.45, 7) is 8.23. The van der Waals surface area contributed by atoms with E-state index in [-0.39, 0.29) is 12.1 Å². The van der Waals surface area contributed by atoms with Crippen molar-refractivity contribution in [3.05, 3.63) is 59.3 Å². The molecule has 0 unspecified atom stereocenters. The average molecular weight is 436 g/mol. The summed E-state index contributed by atoms with van der Waals surface area (Å²) >= 11 is 0. The van der Waals surface area contributed by atoms with E-state index in [1.165, 1.54) is 0 Å². The molecule has 0 saturated heterocycles. The second-order valence-electron chi connectivity index (χ2n) is 8.07. The molecule has 1 aromatic heterocycles. The maximum Gasteiger partial charge on any atom is 0.338 e. The van der Waals surface area contributed by atoms with Crippen LogP contribution in [-0.2, 0) is 9.53 Å². The van der Waals surface area contributed by atoms with E-state index in [4.69, 9.17) is 19.2 Å².